The van der Waals surface area contributed by atoms with Crippen molar-refractivity contribution in [2.24, 2.45) is 0 Å². The minimum absolute atomic E-state index is 0.0245. The highest BCUT2D eigenvalue weighted by Crippen LogP contribution is 2.38. The predicted octanol–water partition coefficient (Wildman–Crippen LogP) is 5.48. The molecule has 5 rings (SSSR count). The third-order valence-corrected chi connectivity index (χ3v) is 7.73. The summed E-state index contributed by atoms with van der Waals surface area (Å²) in [6, 6.07) is 9.13. The van der Waals surface area contributed by atoms with Crippen molar-refractivity contribution in [3.63, 3.8) is 0 Å². The molecule has 218 valence electrons. The van der Waals surface area contributed by atoms with Crippen LogP contribution in [0.1, 0.15) is 92.9 Å². The van der Waals surface area contributed by atoms with E-state index in [1.54, 1.807) is 12.1 Å². The lowest BCUT2D eigenvalue weighted by atomic mass is 9.75. The number of fused-ring (bicyclic) bond motifs is 1. The average molecular weight is 568 g/mol. The lowest BCUT2D eigenvalue weighted by Crippen LogP contribution is -2.51. The molecule has 1 aromatic carbocycles. The average Bonchev–Trinajstić information content (AvgIpc) is 3.44. The second kappa shape index (κ2) is 11.0. The van der Waals surface area contributed by atoms with Gasteiger partial charge in [0.1, 0.15) is 0 Å². The zero-order valence-electron chi connectivity index (χ0n) is 24.0. The molecule has 2 aliphatic heterocycles. The molecule has 41 heavy (non-hydrogen) atoms. The van der Waals surface area contributed by atoms with Crippen LogP contribution in [-0.4, -0.2) is 62.2 Å². The molecule has 1 saturated heterocycles. The third kappa shape index (κ3) is 6.06. The highest BCUT2D eigenvalue weighted by molar-refractivity contribution is 6.12. The van der Waals surface area contributed by atoms with E-state index in [-0.39, 0.29) is 29.9 Å². The maximum atomic E-state index is 13.7. The first-order valence-electron chi connectivity index (χ1n) is 13.8. The van der Waals surface area contributed by atoms with Gasteiger partial charge in [0.25, 0.3) is 11.8 Å². The number of pyridine rings is 1. The number of rotatable bonds is 7. The number of piperidine rings is 1. The topological polar surface area (TPSA) is 102 Å². The molecule has 0 aliphatic carbocycles. The Morgan fingerprint density at radius 2 is 1.83 bits per heavy atom. The monoisotopic (exact) mass is 567 g/mol. The number of carbonyl (C=O) groups excluding carboxylic acids is 2. The SMILES string of the molecule is CC(C)(C)OCN1CCC(c2ccc3c(c2)C(=O)N(Cc2ccc(-c4nnc(C(F)F)o4)cn2)C(=O)C3(C)C)CC1. The largest absolute Gasteiger partial charge is 0.415 e. The second-order valence-corrected chi connectivity index (χ2v) is 12.2. The first kappa shape index (κ1) is 28.9. The first-order chi connectivity index (χ1) is 19.3. The van der Waals surface area contributed by atoms with Gasteiger partial charge in [-0.25, -0.2) is 0 Å². The summed E-state index contributed by atoms with van der Waals surface area (Å²) in [4.78, 5) is 35.1. The quantitative estimate of drug-likeness (QED) is 0.346. The number of aromatic nitrogens is 3. The Balaban J connectivity index is 1.31. The van der Waals surface area contributed by atoms with E-state index in [0.29, 0.717) is 29.5 Å². The lowest BCUT2D eigenvalue weighted by Gasteiger charge is -2.38. The van der Waals surface area contributed by atoms with Crippen LogP contribution in [0, 0.1) is 0 Å². The molecule has 2 amide bonds. The molecule has 0 unspecified atom stereocenters. The zero-order valence-corrected chi connectivity index (χ0v) is 24.0. The number of benzene rings is 1. The predicted molar refractivity (Wildman–Crippen MR) is 146 cm³/mol. The van der Waals surface area contributed by atoms with E-state index in [0.717, 1.165) is 37.1 Å². The Bertz CT molecular complexity index is 1420. The van der Waals surface area contributed by atoms with Crippen molar-refractivity contribution in [3.8, 4) is 11.5 Å². The number of carbonyl (C=O) groups is 2. The number of amides is 2. The van der Waals surface area contributed by atoms with Crippen LogP contribution in [0.3, 0.4) is 0 Å². The van der Waals surface area contributed by atoms with E-state index in [1.807, 2.05) is 46.8 Å². The van der Waals surface area contributed by atoms with E-state index in [4.69, 9.17) is 9.15 Å². The van der Waals surface area contributed by atoms with E-state index >= 15 is 0 Å². The maximum Gasteiger partial charge on any atom is 0.314 e. The maximum absolute atomic E-state index is 13.7. The zero-order chi connectivity index (χ0) is 29.5. The number of nitrogens with zero attached hydrogens (tertiary/aromatic N) is 5. The molecule has 2 aromatic heterocycles. The number of imide groups is 1. The highest BCUT2D eigenvalue weighted by atomic mass is 19.3. The molecule has 0 spiro atoms. The minimum atomic E-state index is -2.87. The summed E-state index contributed by atoms with van der Waals surface area (Å²) in [6.45, 7) is 12.2. The van der Waals surface area contributed by atoms with Crippen LogP contribution in [-0.2, 0) is 21.5 Å². The van der Waals surface area contributed by atoms with E-state index in [9.17, 15) is 18.4 Å². The summed E-state index contributed by atoms with van der Waals surface area (Å²) in [5, 5.41) is 6.95. The Hall–Kier alpha value is -3.57. The van der Waals surface area contributed by atoms with Gasteiger partial charge in [-0.1, -0.05) is 12.1 Å². The minimum Gasteiger partial charge on any atom is -0.415 e. The van der Waals surface area contributed by atoms with Crippen molar-refractivity contribution in [3.05, 3.63) is 64.8 Å². The van der Waals surface area contributed by atoms with Gasteiger partial charge >= 0.3 is 6.43 Å². The molecule has 0 saturated carbocycles. The van der Waals surface area contributed by atoms with E-state index in [2.05, 4.69) is 26.1 Å². The summed E-state index contributed by atoms with van der Waals surface area (Å²) in [5.41, 5.74) is 2.09. The van der Waals surface area contributed by atoms with Gasteiger partial charge in [-0.05, 0) is 82.7 Å². The Labute approximate surface area is 237 Å². The molecule has 0 bridgehead atoms. The summed E-state index contributed by atoms with van der Waals surface area (Å²) >= 11 is 0. The fourth-order valence-electron chi connectivity index (χ4n) is 5.30. The van der Waals surface area contributed by atoms with Crippen LogP contribution in [0.2, 0.25) is 0 Å². The van der Waals surface area contributed by atoms with Gasteiger partial charge in [0.2, 0.25) is 11.8 Å². The smallest absolute Gasteiger partial charge is 0.314 e. The van der Waals surface area contributed by atoms with Crippen molar-refractivity contribution < 1.29 is 27.5 Å². The van der Waals surface area contributed by atoms with Gasteiger partial charge in [0.15, 0.2) is 0 Å². The van der Waals surface area contributed by atoms with Crippen molar-refractivity contribution in [2.75, 3.05) is 19.8 Å². The Kier molecular flexibility index (Phi) is 7.78. The van der Waals surface area contributed by atoms with Crippen LogP contribution < -0.4 is 0 Å². The van der Waals surface area contributed by atoms with Gasteiger partial charge in [-0.2, -0.15) is 8.78 Å². The number of hydrogen-bond donors (Lipinski definition) is 0. The lowest BCUT2D eigenvalue weighted by molar-refractivity contribution is -0.134. The van der Waals surface area contributed by atoms with Crippen molar-refractivity contribution in [1.29, 1.82) is 0 Å². The fraction of sp³-hybridized carbons (Fsp3) is 0.500. The molecule has 4 heterocycles. The van der Waals surface area contributed by atoms with Gasteiger partial charge in [0.05, 0.1) is 35.5 Å². The molecule has 9 nitrogen and oxygen atoms in total. The number of hydrogen-bond acceptors (Lipinski definition) is 8. The van der Waals surface area contributed by atoms with Crippen LogP contribution in [0.5, 0.6) is 0 Å². The number of alkyl halides is 2. The molecular formula is C30H35F2N5O4. The van der Waals surface area contributed by atoms with Gasteiger partial charge in [-0.15, -0.1) is 10.2 Å². The summed E-state index contributed by atoms with van der Waals surface area (Å²) in [5.74, 6) is -1.20. The summed E-state index contributed by atoms with van der Waals surface area (Å²) < 4.78 is 36.5. The molecule has 1 fully saturated rings. The van der Waals surface area contributed by atoms with Crippen LogP contribution in [0.25, 0.3) is 11.5 Å². The standard InChI is InChI=1S/C30H35F2N5O4/c1-29(2,3)40-17-36-12-10-18(11-13-36)19-7-9-23-22(14-19)27(38)37(28(39)30(23,4)5)16-21-8-6-20(15-33-21)25-34-35-26(41-25)24(31)32/h6-9,14-15,18,24H,10-13,16-17H2,1-5H3. The van der Waals surface area contributed by atoms with Crippen molar-refractivity contribution in [1.82, 2.24) is 25.0 Å². The first-order valence-corrected chi connectivity index (χ1v) is 13.8. The van der Waals surface area contributed by atoms with Crippen LogP contribution >= 0.6 is 0 Å². The normalized spacial score (nSPS) is 18.3. The van der Waals surface area contributed by atoms with Gasteiger partial charge in [-0.3, -0.25) is 24.4 Å². The molecule has 2 aliphatic rings. The third-order valence-electron chi connectivity index (χ3n) is 7.73. The molecule has 0 N–H and O–H groups in total. The number of likely N-dealkylation sites (tertiary alicyclic amines) is 1. The molecule has 0 radical (unpaired) electrons. The highest BCUT2D eigenvalue weighted by Gasteiger charge is 2.44. The molecular weight excluding hydrogens is 532 g/mol. The van der Waals surface area contributed by atoms with Gasteiger partial charge < -0.3 is 9.15 Å². The molecule has 0 atom stereocenters. The van der Waals surface area contributed by atoms with Crippen LogP contribution in [0.15, 0.2) is 40.9 Å². The number of ether oxygens (including phenoxy) is 1. The van der Waals surface area contributed by atoms with E-state index in [1.165, 1.54) is 11.1 Å². The molecule has 3 aromatic rings. The van der Waals surface area contributed by atoms with E-state index < -0.39 is 17.7 Å². The summed E-state index contributed by atoms with van der Waals surface area (Å²) in [6.07, 6.45) is 0.448. The summed E-state index contributed by atoms with van der Waals surface area (Å²) in [7, 11) is 0. The van der Waals surface area contributed by atoms with Crippen molar-refractivity contribution >= 4 is 11.8 Å². The second-order valence-electron chi connectivity index (χ2n) is 12.2. The van der Waals surface area contributed by atoms with Crippen LogP contribution in [0.4, 0.5) is 8.78 Å². The van der Waals surface area contributed by atoms with Crippen molar-refractivity contribution in [2.45, 2.75) is 77.4 Å². The Morgan fingerprint density at radius 1 is 1.10 bits per heavy atom. The van der Waals surface area contributed by atoms with Gasteiger partial charge in [0, 0.05) is 24.8 Å². The fourth-order valence-corrected chi connectivity index (χ4v) is 5.30. The number of halogens is 2. The Morgan fingerprint density at radius 3 is 2.44 bits per heavy atom. The molecule has 11 heteroatoms.